The summed E-state index contributed by atoms with van der Waals surface area (Å²) in [5.74, 6) is 0.871. The van der Waals surface area contributed by atoms with Crippen molar-refractivity contribution in [2.45, 2.75) is 32.2 Å². The van der Waals surface area contributed by atoms with Crippen molar-refractivity contribution < 1.29 is 5.11 Å². The van der Waals surface area contributed by atoms with Gasteiger partial charge >= 0.3 is 5.69 Å². The molecule has 1 unspecified atom stereocenters. The predicted octanol–water partition coefficient (Wildman–Crippen LogP) is 6.87. The first-order chi connectivity index (χ1) is 18.2. The average Bonchev–Trinajstić information content (AvgIpc) is 3.25. The van der Waals surface area contributed by atoms with Crippen LogP contribution in [0.25, 0.3) is 28.2 Å². The Morgan fingerprint density at radius 3 is 2.03 bits per heavy atom. The van der Waals surface area contributed by atoms with Gasteiger partial charge in [0.1, 0.15) is 5.75 Å². The molecule has 0 amide bonds. The van der Waals surface area contributed by atoms with E-state index in [0.29, 0.717) is 18.2 Å². The van der Waals surface area contributed by atoms with Gasteiger partial charge in [0.15, 0.2) is 0 Å². The summed E-state index contributed by atoms with van der Waals surface area (Å²) in [6, 6.07) is 36.2. The van der Waals surface area contributed by atoms with E-state index in [0.717, 1.165) is 59.4 Å². The Morgan fingerprint density at radius 1 is 0.730 bits per heavy atom. The number of phenolic OH excluding ortho intramolecular Hbond substituents is 1. The van der Waals surface area contributed by atoms with Gasteiger partial charge < -0.3 is 5.11 Å². The summed E-state index contributed by atoms with van der Waals surface area (Å²) in [5.41, 5.74) is 7.09. The summed E-state index contributed by atoms with van der Waals surface area (Å²) in [6.07, 6.45) is 3.74. The smallest absolute Gasteiger partial charge is 0.333 e. The van der Waals surface area contributed by atoms with Gasteiger partial charge in [-0.15, -0.1) is 0 Å². The van der Waals surface area contributed by atoms with Crippen molar-refractivity contribution >= 4 is 0 Å². The molecule has 1 aromatic heterocycles. The van der Waals surface area contributed by atoms with Crippen LogP contribution in [-0.4, -0.2) is 14.2 Å². The summed E-state index contributed by atoms with van der Waals surface area (Å²) >= 11 is 0. The molecule has 0 saturated carbocycles. The zero-order valence-corrected chi connectivity index (χ0v) is 20.8. The third kappa shape index (κ3) is 4.40. The molecular formula is C33H30N2O2. The van der Waals surface area contributed by atoms with Gasteiger partial charge in [0, 0.05) is 17.7 Å². The highest BCUT2D eigenvalue weighted by atomic mass is 16.3. The average molecular weight is 487 g/mol. The van der Waals surface area contributed by atoms with Crippen molar-refractivity contribution in [3.63, 3.8) is 0 Å². The number of nitrogens with zero attached hydrogens (tertiary/aromatic N) is 2. The Bertz CT molecular complexity index is 1570. The van der Waals surface area contributed by atoms with Crippen molar-refractivity contribution in [3.05, 3.63) is 131 Å². The number of aromatic hydroxyl groups is 1. The second-order valence-corrected chi connectivity index (χ2v) is 9.85. The molecule has 0 fully saturated rings. The van der Waals surface area contributed by atoms with Gasteiger partial charge in [0.05, 0.1) is 17.1 Å². The monoisotopic (exact) mass is 486 g/mol. The van der Waals surface area contributed by atoms with Crippen LogP contribution in [0.1, 0.15) is 24.0 Å². The van der Waals surface area contributed by atoms with Crippen molar-refractivity contribution in [2.24, 2.45) is 5.92 Å². The van der Waals surface area contributed by atoms with Gasteiger partial charge in [-0.2, -0.15) is 0 Å². The molecular weight excluding hydrogens is 456 g/mol. The molecule has 4 heteroatoms. The summed E-state index contributed by atoms with van der Waals surface area (Å²) in [4.78, 5) is 14.2. The Kier molecular flexibility index (Phi) is 6.23. The SMILES string of the molecule is O=c1n(CCC2CCc3c(O)cccc3C2)c(-c2ccccc2)c(-c2ccccc2)n1-c1ccccc1. The molecule has 4 nitrogen and oxygen atoms in total. The van der Waals surface area contributed by atoms with Crippen LogP contribution < -0.4 is 5.69 Å². The van der Waals surface area contributed by atoms with Crippen LogP contribution in [-0.2, 0) is 19.4 Å². The standard InChI is InChI=1S/C33H30N2O2/c36-30-18-10-15-27-23-24(19-20-29(27)30)21-22-34-31(25-11-4-1-5-12-25)32(26-13-6-2-7-14-26)35(33(34)37)28-16-8-3-9-17-28/h1-18,24,36H,19-23H2. The minimum Gasteiger partial charge on any atom is -0.508 e. The van der Waals surface area contributed by atoms with Gasteiger partial charge in [0.2, 0.25) is 0 Å². The normalized spacial score (nSPS) is 14.9. The van der Waals surface area contributed by atoms with Crippen LogP contribution in [0.15, 0.2) is 114 Å². The fourth-order valence-corrected chi connectivity index (χ4v) is 5.74. The van der Waals surface area contributed by atoms with Crippen LogP contribution in [0.4, 0.5) is 0 Å². The Hall–Kier alpha value is -4.31. The number of phenols is 1. The molecule has 0 bridgehead atoms. The zero-order valence-electron chi connectivity index (χ0n) is 20.8. The number of para-hydroxylation sites is 1. The number of aromatic nitrogens is 2. The minimum atomic E-state index is -0.0160. The molecule has 184 valence electrons. The zero-order chi connectivity index (χ0) is 25.2. The molecule has 4 aromatic carbocycles. The molecule has 37 heavy (non-hydrogen) atoms. The van der Waals surface area contributed by atoms with Crippen LogP contribution in [0.5, 0.6) is 5.75 Å². The van der Waals surface area contributed by atoms with Gasteiger partial charge in [-0.3, -0.25) is 9.13 Å². The molecule has 0 spiro atoms. The van der Waals surface area contributed by atoms with Crippen molar-refractivity contribution in [1.82, 2.24) is 9.13 Å². The molecule has 1 aliphatic rings. The maximum Gasteiger partial charge on any atom is 0.333 e. The number of fused-ring (bicyclic) bond motifs is 1. The van der Waals surface area contributed by atoms with Crippen molar-refractivity contribution in [1.29, 1.82) is 0 Å². The third-order valence-corrected chi connectivity index (χ3v) is 7.57. The van der Waals surface area contributed by atoms with Crippen molar-refractivity contribution in [3.8, 4) is 34.0 Å². The predicted molar refractivity (Wildman–Crippen MR) is 149 cm³/mol. The van der Waals surface area contributed by atoms with E-state index in [4.69, 9.17) is 0 Å². The highest BCUT2D eigenvalue weighted by Gasteiger charge is 2.25. The van der Waals surface area contributed by atoms with Crippen LogP contribution in [0.3, 0.4) is 0 Å². The maximum atomic E-state index is 14.2. The minimum absolute atomic E-state index is 0.0160. The van der Waals surface area contributed by atoms with E-state index in [2.05, 4.69) is 30.3 Å². The molecule has 5 aromatic rings. The summed E-state index contributed by atoms with van der Waals surface area (Å²) in [7, 11) is 0. The molecule has 0 radical (unpaired) electrons. The molecule has 6 rings (SSSR count). The largest absolute Gasteiger partial charge is 0.508 e. The van der Waals surface area contributed by atoms with Gasteiger partial charge in [-0.25, -0.2) is 4.79 Å². The van der Waals surface area contributed by atoms with Gasteiger partial charge in [-0.1, -0.05) is 91.0 Å². The first-order valence-corrected chi connectivity index (χ1v) is 13.0. The van der Waals surface area contributed by atoms with E-state index >= 15 is 0 Å². The number of hydrogen-bond acceptors (Lipinski definition) is 2. The Balaban J connectivity index is 1.46. The number of imidazole rings is 1. The lowest BCUT2D eigenvalue weighted by molar-refractivity contribution is 0.386. The van der Waals surface area contributed by atoms with Crippen LogP contribution >= 0.6 is 0 Å². The Labute approximate surface area is 217 Å². The van der Waals surface area contributed by atoms with E-state index in [1.54, 1.807) is 6.07 Å². The fourth-order valence-electron chi connectivity index (χ4n) is 5.74. The van der Waals surface area contributed by atoms with Crippen molar-refractivity contribution in [2.75, 3.05) is 0 Å². The lowest BCUT2D eigenvalue weighted by Crippen LogP contribution is -2.26. The quantitative estimate of drug-likeness (QED) is 0.285. The second-order valence-electron chi connectivity index (χ2n) is 9.85. The molecule has 0 aliphatic heterocycles. The first-order valence-electron chi connectivity index (χ1n) is 13.0. The third-order valence-electron chi connectivity index (χ3n) is 7.57. The molecule has 0 saturated heterocycles. The highest BCUT2D eigenvalue weighted by molar-refractivity contribution is 5.80. The van der Waals surface area contributed by atoms with Gasteiger partial charge in [-0.05, 0) is 60.9 Å². The van der Waals surface area contributed by atoms with E-state index in [-0.39, 0.29) is 5.69 Å². The lowest BCUT2D eigenvalue weighted by Gasteiger charge is -2.25. The summed E-state index contributed by atoms with van der Waals surface area (Å²) < 4.78 is 3.84. The summed E-state index contributed by atoms with van der Waals surface area (Å²) in [5, 5.41) is 10.3. The van der Waals surface area contributed by atoms with Crippen LogP contribution in [0, 0.1) is 5.92 Å². The number of benzene rings is 4. The highest BCUT2D eigenvalue weighted by Crippen LogP contribution is 2.36. The lowest BCUT2D eigenvalue weighted by atomic mass is 9.82. The molecule has 1 aliphatic carbocycles. The maximum absolute atomic E-state index is 14.2. The van der Waals surface area contributed by atoms with Gasteiger partial charge in [0.25, 0.3) is 0 Å². The molecule has 1 atom stereocenters. The Morgan fingerprint density at radius 2 is 1.35 bits per heavy atom. The first kappa shape index (κ1) is 23.1. The van der Waals surface area contributed by atoms with E-state index in [1.807, 2.05) is 81.9 Å². The molecule has 1 N–H and O–H groups in total. The number of rotatable bonds is 6. The van der Waals surface area contributed by atoms with E-state index in [9.17, 15) is 9.90 Å². The van der Waals surface area contributed by atoms with E-state index < -0.39 is 0 Å². The number of hydrogen-bond donors (Lipinski definition) is 1. The fraction of sp³-hybridized carbons (Fsp3) is 0.182. The second kappa shape index (κ2) is 9.98. The molecule has 1 heterocycles. The summed E-state index contributed by atoms with van der Waals surface area (Å²) in [6.45, 7) is 0.640. The topological polar surface area (TPSA) is 47.2 Å². The van der Waals surface area contributed by atoms with Crippen LogP contribution in [0.2, 0.25) is 0 Å². The van der Waals surface area contributed by atoms with E-state index in [1.165, 1.54) is 5.56 Å².